The Hall–Kier alpha value is -1.17. The fraction of sp³-hybridized carbons (Fsp3) is 0.750. The number of alkyl halides is 2. The molecule has 1 heterocycles. The highest BCUT2D eigenvalue weighted by Gasteiger charge is 2.17. The standard InChI is InChI=1S/C8H14F2N4.2C2H6/c9-7(10)5-14-2-1-13-6(4-14)3-8(11)12;2*1-2/h3,7,13H,1-2,4-5H2,(H3,11,12);2*1-2H3/b6-3-;;. The molecular formula is C12H26F2N4. The molecule has 0 radical (unpaired) electrons. The van der Waals surface area contributed by atoms with Gasteiger partial charge in [0.2, 0.25) is 0 Å². The molecule has 0 amide bonds. The summed E-state index contributed by atoms with van der Waals surface area (Å²) in [7, 11) is 0. The highest BCUT2D eigenvalue weighted by molar-refractivity contribution is 5.89. The molecule has 0 aliphatic carbocycles. The van der Waals surface area contributed by atoms with Crippen molar-refractivity contribution in [1.29, 1.82) is 5.41 Å². The van der Waals surface area contributed by atoms with Gasteiger partial charge in [0.15, 0.2) is 0 Å². The van der Waals surface area contributed by atoms with Gasteiger partial charge in [-0.25, -0.2) is 8.78 Å². The lowest BCUT2D eigenvalue weighted by molar-refractivity contribution is 0.0878. The zero-order valence-corrected chi connectivity index (χ0v) is 11.8. The topological polar surface area (TPSA) is 65.1 Å². The average molecular weight is 264 g/mol. The van der Waals surface area contributed by atoms with E-state index in [-0.39, 0.29) is 12.4 Å². The molecule has 0 aromatic carbocycles. The summed E-state index contributed by atoms with van der Waals surface area (Å²) in [6, 6.07) is 0. The molecule has 1 saturated heterocycles. The van der Waals surface area contributed by atoms with E-state index in [1.54, 1.807) is 4.90 Å². The van der Waals surface area contributed by atoms with Crippen LogP contribution in [0.2, 0.25) is 0 Å². The Morgan fingerprint density at radius 3 is 2.44 bits per heavy atom. The molecule has 18 heavy (non-hydrogen) atoms. The van der Waals surface area contributed by atoms with Gasteiger partial charge in [-0.1, -0.05) is 27.7 Å². The maximum Gasteiger partial charge on any atom is 0.251 e. The predicted octanol–water partition coefficient (Wildman–Crippen LogP) is 2.03. The largest absolute Gasteiger partial charge is 0.386 e. The van der Waals surface area contributed by atoms with Gasteiger partial charge in [-0.3, -0.25) is 10.3 Å². The van der Waals surface area contributed by atoms with Crippen LogP contribution in [0.5, 0.6) is 0 Å². The molecule has 6 heteroatoms. The summed E-state index contributed by atoms with van der Waals surface area (Å²) >= 11 is 0. The minimum atomic E-state index is -2.31. The highest BCUT2D eigenvalue weighted by atomic mass is 19.3. The van der Waals surface area contributed by atoms with E-state index in [0.29, 0.717) is 19.6 Å². The van der Waals surface area contributed by atoms with E-state index < -0.39 is 6.43 Å². The Bertz CT molecular complexity index is 242. The van der Waals surface area contributed by atoms with E-state index >= 15 is 0 Å². The molecule has 4 N–H and O–H groups in total. The Balaban J connectivity index is 0. The number of halogens is 2. The number of hydrogen-bond acceptors (Lipinski definition) is 3. The summed E-state index contributed by atoms with van der Waals surface area (Å²) in [5, 5.41) is 10.0. The summed E-state index contributed by atoms with van der Waals surface area (Å²) in [6.07, 6.45) is -0.857. The first kappa shape index (κ1) is 19.2. The first-order valence-electron chi connectivity index (χ1n) is 6.37. The molecule has 1 aliphatic rings. The Labute approximate surface area is 109 Å². The van der Waals surface area contributed by atoms with E-state index in [2.05, 4.69) is 5.32 Å². The van der Waals surface area contributed by atoms with Gasteiger partial charge in [-0.2, -0.15) is 0 Å². The van der Waals surface area contributed by atoms with Crippen molar-refractivity contribution in [2.45, 2.75) is 34.1 Å². The Kier molecular flexibility index (Phi) is 13.1. The first-order valence-corrected chi connectivity index (χ1v) is 6.37. The molecular weight excluding hydrogens is 238 g/mol. The third-order valence-corrected chi connectivity index (χ3v) is 1.90. The monoisotopic (exact) mass is 264 g/mol. The summed E-state index contributed by atoms with van der Waals surface area (Å²) in [5.74, 6) is -0.0635. The van der Waals surface area contributed by atoms with Crippen LogP contribution in [-0.2, 0) is 0 Å². The second kappa shape index (κ2) is 12.3. The van der Waals surface area contributed by atoms with Gasteiger partial charge in [0.1, 0.15) is 5.84 Å². The van der Waals surface area contributed by atoms with Gasteiger partial charge >= 0.3 is 0 Å². The van der Waals surface area contributed by atoms with E-state index in [4.69, 9.17) is 11.1 Å². The lowest BCUT2D eigenvalue weighted by atomic mass is 10.2. The van der Waals surface area contributed by atoms with Crippen molar-refractivity contribution >= 4 is 5.84 Å². The molecule has 1 fully saturated rings. The SMILES string of the molecule is CC.CC.N=C(N)/C=C1/CN(CC(F)F)CCN1. The maximum absolute atomic E-state index is 12.1. The third-order valence-electron chi connectivity index (χ3n) is 1.90. The smallest absolute Gasteiger partial charge is 0.251 e. The van der Waals surface area contributed by atoms with Crippen LogP contribution in [0.1, 0.15) is 27.7 Å². The first-order chi connectivity index (χ1) is 8.58. The number of hydrogen-bond donors (Lipinski definition) is 3. The predicted molar refractivity (Wildman–Crippen MR) is 73.1 cm³/mol. The minimum absolute atomic E-state index is 0.0635. The highest BCUT2D eigenvalue weighted by Crippen LogP contribution is 2.05. The van der Waals surface area contributed by atoms with Gasteiger partial charge in [-0.05, 0) is 6.08 Å². The van der Waals surface area contributed by atoms with Crippen LogP contribution < -0.4 is 11.1 Å². The van der Waals surface area contributed by atoms with E-state index in [9.17, 15) is 8.78 Å². The summed E-state index contributed by atoms with van der Waals surface area (Å²) < 4.78 is 24.1. The van der Waals surface area contributed by atoms with Crippen LogP contribution in [-0.4, -0.2) is 43.3 Å². The quantitative estimate of drug-likeness (QED) is 0.540. The van der Waals surface area contributed by atoms with Crippen LogP contribution in [0.15, 0.2) is 11.8 Å². The molecule has 108 valence electrons. The minimum Gasteiger partial charge on any atom is -0.386 e. The third kappa shape index (κ3) is 10.0. The Morgan fingerprint density at radius 1 is 1.44 bits per heavy atom. The number of nitrogens with zero attached hydrogens (tertiary/aromatic N) is 1. The number of nitrogens with two attached hydrogens (primary N) is 1. The zero-order chi connectivity index (χ0) is 14.6. The molecule has 1 rings (SSSR count). The summed E-state index contributed by atoms with van der Waals surface area (Å²) in [5.41, 5.74) is 5.90. The molecule has 1 aliphatic heterocycles. The Morgan fingerprint density at radius 2 is 2.00 bits per heavy atom. The second-order valence-electron chi connectivity index (χ2n) is 3.18. The second-order valence-corrected chi connectivity index (χ2v) is 3.18. The fourth-order valence-corrected chi connectivity index (χ4v) is 1.39. The number of piperazine rings is 1. The van der Waals surface area contributed by atoms with Crippen molar-refractivity contribution in [3.05, 3.63) is 11.8 Å². The van der Waals surface area contributed by atoms with Gasteiger partial charge in [-0.15, -0.1) is 0 Å². The van der Waals surface area contributed by atoms with Crippen molar-refractivity contribution < 1.29 is 8.78 Å². The lowest BCUT2D eigenvalue weighted by Crippen LogP contribution is -2.44. The zero-order valence-electron chi connectivity index (χ0n) is 11.8. The van der Waals surface area contributed by atoms with E-state index in [1.165, 1.54) is 6.08 Å². The van der Waals surface area contributed by atoms with Crippen LogP contribution >= 0.6 is 0 Å². The molecule has 0 spiro atoms. The van der Waals surface area contributed by atoms with Gasteiger partial charge < -0.3 is 11.1 Å². The summed E-state index contributed by atoms with van der Waals surface area (Å²) in [6.45, 7) is 9.40. The molecule has 0 atom stereocenters. The van der Waals surface area contributed by atoms with Gasteiger partial charge in [0, 0.05) is 25.3 Å². The van der Waals surface area contributed by atoms with E-state index in [1.807, 2.05) is 27.7 Å². The molecule has 4 nitrogen and oxygen atoms in total. The van der Waals surface area contributed by atoms with Crippen molar-refractivity contribution in [1.82, 2.24) is 10.2 Å². The van der Waals surface area contributed by atoms with Crippen LogP contribution in [0.25, 0.3) is 0 Å². The van der Waals surface area contributed by atoms with Gasteiger partial charge in [0.05, 0.1) is 6.54 Å². The van der Waals surface area contributed by atoms with Crippen molar-refractivity contribution in [2.24, 2.45) is 5.73 Å². The van der Waals surface area contributed by atoms with Crippen molar-refractivity contribution in [3.63, 3.8) is 0 Å². The fourth-order valence-electron chi connectivity index (χ4n) is 1.39. The maximum atomic E-state index is 12.1. The molecule has 0 saturated carbocycles. The van der Waals surface area contributed by atoms with Crippen LogP contribution in [0.4, 0.5) is 8.78 Å². The average Bonchev–Trinajstić information content (AvgIpc) is 2.33. The normalized spacial score (nSPS) is 17.2. The number of rotatable bonds is 3. The molecule has 0 aromatic rings. The molecule has 0 bridgehead atoms. The van der Waals surface area contributed by atoms with E-state index in [0.717, 1.165) is 5.70 Å². The lowest BCUT2D eigenvalue weighted by Gasteiger charge is -2.29. The van der Waals surface area contributed by atoms with Crippen LogP contribution in [0.3, 0.4) is 0 Å². The molecule has 0 aromatic heterocycles. The summed E-state index contributed by atoms with van der Waals surface area (Å²) in [4.78, 5) is 1.63. The number of amidine groups is 1. The van der Waals surface area contributed by atoms with Crippen molar-refractivity contribution in [2.75, 3.05) is 26.2 Å². The van der Waals surface area contributed by atoms with Crippen molar-refractivity contribution in [3.8, 4) is 0 Å². The number of nitrogens with one attached hydrogen (secondary N) is 2. The van der Waals surface area contributed by atoms with Crippen LogP contribution in [0, 0.1) is 5.41 Å². The van der Waals surface area contributed by atoms with Gasteiger partial charge in [0.25, 0.3) is 6.43 Å². The molecule has 0 unspecified atom stereocenters.